The molecule has 2 N–H and O–H groups in total. The molecule has 1 aliphatic carbocycles. The van der Waals surface area contributed by atoms with E-state index in [1.165, 1.54) is 18.4 Å². The number of esters is 1. The van der Waals surface area contributed by atoms with Crippen molar-refractivity contribution in [2.45, 2.75) is 78.6 Å². The van der Waals surface area contributed by atoms with Gasteiger partial charge in [-0.2, -0.15) is 11.8 Å². The van der Waals surface area contributed by atoms with E-state index in [1.807, 2.05) is 18.7 Å². The zero-order valence-electron chi connectivity index (χ0n) is 17.5. The van der Waals surface area contributed by atoms with Gasteiger partial charge >= 0.3 is 12.1 Å². The minimum Gasteiger partial charge on any atom is -0.466 e. The van der Waals surface area contributed by atoms with Gasteiger partial charge < -0.3 is 15.2 Å². The molecule has 0 heterocycles. The molecule has 5 nitrogen and oxygen atoms in total. The van der Waals surface area contributed by atoms with E-state index in [0.29, 0.717) is 18.3 Å². The van der Waals surface area contributed by atoms with Crippen LogP contribution in [0.15, 0.2) is 11.6 Å². The highest BCUT2D eigenvalue weighted by molar-refractivity contribution is 8.00. The van der Waals surface area contributed by atoms with Gasteiger partial charge in [0.2, 0.25) is 0 Å². The summed E-state index contributed by atoms with van der Waals surface area (Å²) in [6.45, 7) is 14.5. The number of nitrogens with two attached hydrogens (primary N) is 1. The first-order chi connectivity index (χ1) is 12.0. The summed E-state index contributed by atoms with van der Waals surface area (Å²) in [6.07, 6.45) is 4.74. The first kappa shape index (κ1) is 24.8. The second kappa shape index (κ2) is 12.3. The standard InChI is InChI=1S/C15H26O2S.C5H11NO2/c1-5-17-15(16)8-9-18-14-10-12(4)6-7-13(14)11(2)3;1-5(2,3)8-4(6)7/h10-11,13-14H,5-9H2,1-4H3;1-3H3,(H2,6,7). The van der Waals surface area contributed by atoms with E-state index in [9.17, 15) is 9.59 Å². The molecule has 1 aliphatic rings. The van der Waals surface area contributed by atoms with Crippen LogP contribution in [0.4, 0.5) is 4.79 Å². The number of allylic oxidation sites excluding steroid dienone is 1. The second-order valence-corrected chi connectivity index (χ2v) is 9.17. The Kier molecular flexibility index (Phi) is 11.7. The third kappa shape index (κ3) is 12.2. The molecular formula is C20H37NO4S. The van der Waals surface area contributed by atoms with Crippen molar-refractivity contribution in [2.24, 2.45) is 17.6 Å². The SMILES string of the molecule is CC(C)(C)OC(N)=O.CCOC(=O)CCSC1C=C(C)CCC1C(C)C. The Labute approximate surface area is 163 Å². The third-order valence-corrected chi connectivity index (χ3v) is 5.24. The first-order valence-corrected chi connectivity index (χ1v) is 10.4. The van der Waals surface area contributed by atoms with Crippen molar-refractivity contribution in [1.82, 2.24) is 0 Å². The minimum atomic E-state index is -0.725. The summed E-state index contributed by atoms with van der Waals surface area (Å²) < 4.78 is 9.54. The number of amides is 1. The molecule has 2 unspecified atom stereocenters. The molecule has 0 aliphatic heterocycles. The topological polar surface area (TPSA) is 78.6 Å². The van der Waals surface area contributed by atoms with E-state index in [0.717, 1.165) is 17.6 Å². The van der Waals surface area contributed by atoms with Gasteiger partial charge in [-0.1, -0.05) is 25.5 Å². The number of carbonyl (C=O) groups is 2. The molecule has 0 saturated carbocycles. The number of primary amides is 1. The Bertz CT molecular complexity index is 469. The van der Waals surface area contributed by atoms with Crippen LogP contribution in [0.5, 0.6) is 0 Å². The van der Waals surface area contributed by atoms with Gasteiger partial charge in [0.1, 0.15) is 5.60 Å². The Hall–Kier alpha value is -1.17. The predicted molar refractivity (Wildman–Crippen MR) is 109 cm³/mol. The lowest BCUT2D eigenvalue weighted by molar-refractivity contribution is -0.142. The van der Waals surface area contributed by atoms with E-state index in [1.54, 1.807) is 20.8 Å². The van der Waals surface area contributed by atoms with Gasteiger partial charge in [-0.05, 0) is 59.3 Å². The van der Waals surface area contributed by atoms with Gasteiger partial charge in [-0.25, -0.2) is 4.79 Å². The van der Waals surface area contributed by atoms with Gasteiger partial charge in [0.15, 0.2) is 0 Å². The lowest BCUT2D eigenvalue weighted by Gasteiger charge is -2.32. The highest BCUT2D eigenvalue weighted by Gasteiger charge is 2.26. The fraction of sp³-hybridized carbons (Fsp3) is 0.800. The zero-order chi connectivity index (χ0) is 20.3. The van der Waals surface area contributed by atoms with Crippen molar-refractivity contribution in [3.05, 3.63) is 11.6 Å². The summed E-state index contributed by atoms with van der Waals surface area (Å²) in [6, 6.07) is 0. The summed E-state index contributed by atoms with van der Waals surface area (Å²) in [7, 11) is 0. The molecule has 152 valence electrons. The quantitative estimate of drug-likeness (QED) is 0.516. The maximum atomic E-state index is 11.3. The fourth-order valence-corrected chi connectivity index (χ4v) is 4.33. The lowest BCUT2D eigenvalue weighted by atomic mass is 9.82. The summed E-state index contributed by atoms with van der Waals surface area (Å²) >= 11 is 1.91. The molecular weight excluding hydrogens is 350 g/mol. The molecule has 0 aromatic rings. The van der Waals surface area contributed by atoms with Crippen molar-refractivity contribution in [1.29, 1.82) is 0 Å². The molecule has 0 saturated heterocycles. The van der Waals surface area contributed by atoms with Gasteiger partial charge in [-0.3, -0.25) is 4.79 Å². The fourth-order valence-electron chi connectivity index (χ4n) is 2.74. The highest BCUT2D eigenvalue weighted by Crippen LogP contribution is 2.36. The Morgan fingerprint density at radius 1 is 1.35 bits per heavy atom. The van der Waals surface area contributed by atoms with E-state index in [4.69, 9.17) is 10.5 Å². The summed E-state index contributed by atoms with van der Waals surface area (Å²) in [4.78, 5) is 21.3. The van der Waals surface area contributed by atoms with Crippen molar-refractivity contribution in [3.8, 4) is 0 Å². The number of hydrogen-bond donors (Lipinski definition) is 1. The third-order valence-electron chi connectivity index (χ3n) is 3.93. The van der Waals surface area contributed by atoms with Crippen LogP contribution < -0.4 is 5.73 Å². The molecule has 0 aromatic carbocycles. The Balaban J connectivity index is 0.000000660. The summed E-state index contributed by atoms with van der Waals surface area (Å²) in [5, 5.41) is 0.577. The van der Waals surface area contributed by atoms with E-state index >= 15 is 0 Å². The molecule has 1 rings (SSSR count). The minimum absolute atomic E-state index is 0.0670. The smallest absolute Gasteiger partial charge is 0.405 e. The molecule has 0 spiro atoms. The molecule has 1 amide bonds. The van der Waals surface area contributed by atoms with Crippen LogP contribution in [0.25, 0.3) is 0 Å². The monoisotopic (exact) mass is 387 g/mol. The number of hydrogen-bond acceptors (Lipinski definition) is 5. The molecule has 0 radical (unpaired) electrons. The van der Waals surface area contributed by atoms with Crippen LogP contribution in [0.2, 0.25) is 0 Å². The summed E-state index contributed by atoms with van der Waals surface area (Å²) in [5.74, 6) is 2.27. The van der Waals surface area contributed by atoms with Crippen LogP contribution in [0.3, 0.4) is 0 Å². The maximum absolute atomic E-state index is 11.3. The maximum Gasteiger partial charge on any atom is 0.405 e. The largest absolute Gasteiger partial charge is 0.466 e. The lowest BCUT2D eigenvalue weighted by Crippen LogP contribution is -2.27. The van der Waals surface area contributed by atoms with E-state index in [-0.39, 0.29) is 5.97 Å². The van der Waals surface area contributed by atoms with Crippen molar-refractivity contribution < 1.29 is 19.1 Å². The molecule has 0 bridgehead atoms. The van der Waals surface area contributed by atoms with Gasteiger partial charge in [0, 0.05) is 11.0 Å². The average molecular weight is 388 g/mol. The second-order valence-electron chi connectivity index (χ2n) is 7.88. The van der Waals surface area contributed by atoms with Crippen molar-refractivity contribution in [3.63, 3.8) is 0 Å². The molecule has 0 fully saturated rings. The molecule has 0 aromatic heterocycles. The number of carbonyl (C=O) groups excluding carboxylic acids is 2. The normalized spacial score (nSPS) is 19.9. The molecule has 2 atom stereocenters. The van der Waals surface area contributed by atoms with Gasteiger partial charge in [0.05, 0.1) is 13.0 Å². The number of thioether (sulfide) groups is 1. The molecule has 26 heavy (non-hydrogen) atoms. The summed E-state index contributed by atoms with van der Waals surface area (Å²) in [5.41, 5.74) is 5.77. The van der Waals surface area contributed by atoms with Crippen LogP contribution >= 0.6 is 11.8 Å². The van der Waals surface area contributed by atoms with Crippen LogP contribution in [-0.4, -0.2) is 35.3 Å². The predicted octanol–water partition coefficient (Wildman–Crippen LogP) is 4.93. The van der Waals surface area contributed by atoms with Crippen molar-refractivity contribution >= 4 is 23.8 Å². The number of rotatable bonds is 6. The zero-order valence-corrected chi connectivity index (χ0v) is 18.3. The van der Waals surface area contributed by atoms with Crippen LogP contribution in [0.1, 0.15) is 67.7 Å². The first-order valence-electron chi connectivity index (χ1n) is 9.39. The number of ether oxygens (including phenoxy) is 2. The highest BCUT2D eigenvalue weighted by atomic mass is 32.2. The van der Waals surface area contributed by atoms with Crippen LogP contribution in [0, 0.1) is 11.8 Å². The average Bonchev–Trinajstić information content (AvgIpc) is 2.45. The van der Waals surface area contributed by atoms with E-state index < -0.39 is 11.7 Å². The van der Waals surface area contributed by atoms with E-state index in [2.05, 4.69) is 31.6 Å². The Morgan fingerprint density at radius 2 is 1.96 bits per heavy atom. The molecule has 6 heteroatoms. The van der Waals surface area contributed by atoms with Crippen LogP contribution in [-0.2, 0) is 14.3 Å². The Morgan fingerprint density at radius 3 is 2.38 bits per heavy atom. The van der Waals surface area contributed by atoms with Crippen molar-refractivity contribution in [2.75, 3.05) is 12.4 Å². The van der Waals surface area contributed by atoms with Gasteiger partial charge in [0.25, 0.3) is 0 Å². The van der Waals surface area contributed by atoms with Gasteiger partial charge in [-0.15, -0.1) is 0 Å².